The third-order valence-electron chi connectivity index (χ3n) is 2.32. The van der Waals surface area contributed by atoms with Crippen LogP contribution in [0.5, 0.6) is 5.75 Å². The summed E-state index contributed by atoms with van der Waals surface area (Å²) in [7, 11) is 0.857. The van der Waals surface area contributed by atoms with Gasteiger partial charge in [0.15, 0.2) is 0 Å². The molecule has 0 radical (unpaired) electrons. The maximum atomic E-state index is 11.6. The van der Waals surface area contributed by atoms with Crippen molar-refractivity contribution in [2.75, 3.05) is 12.9 Å². The van der Waals surface area contributed by atoms with Gasteiger partial charge in [0.05, 0.1) is 7.11 Å². The SMILES string of the molecule is CCCS(=O)Cc1ccc(OC)c(CN)c1. The first-order chi connectivity index (χ1) is 7.71. The molecular formula is C12H19NO2S. The van der Waals surface area contributed by atoms with Gasteiger partial charge in [0.1, 0.15) is 5.75 Å². The van der Waals surface area contributed by atoms with E-state index in [2.05, 4.69) is 0 Å². The van der Waals surface area contributed by atoms with E-state index in [9.17, 15) is 4.21 Å². The van der Waals surface area contributed by atoms with Crippen LogP contribution in [0.3, 0.4) is 0 Å². The van der Waals surface area contributed by atoms with Crippen molar-refractivity contribution in [1.82, 2.24) is 0 Å². The summed E-state index contributed by atoms with van der Waals surface area (Å²) in [6.45, 7) is 2.48. The molecule has 0 aromatic heterocycles. The van der Waals surface area contributed by atoms with Gasteiger partial charge in [-0.1, -0.05) is 13.0 Å². The Balaban J connectivity index is 2.78. The van der Waals surface area contributed by atoms with Gasteiger partial charge in [-0.15, -0.1) is 0 Å². The second kappa shape index (κ2) is 6.66. The molecule has 1 rings (SSSR count). The number of methoxy groups -OCH3 is 1. The summed E-state index contributed by atoms with van der Waals surface area (Å²) < 4.78 is 16.8. The van der Waals surface area contributed by atoms with E-state index in [0.717, 1.165) is 29.1 Å². The highest BCUT2D eigenvalue weighted by molar-refractivity contribution is 7.84. The molecule has 0 heterocycles. The minimum Gasteiger partial charge on any atom is -0.496 e. The molecule has 1 aromatic carbocycles. The number of hydrogen-bond acceptors (Lipinski definition) is 3. The zero-order valence-electron chi connectivity index (χ0n) is 9.86. The summed E-state index contributed by atoms with van der Waals surface area (Å²) in [5.74, 6) is 2.15. The minimum absolute atomic E-state index is 0.442. The first-order valence-electron chi connectivity index (χ1n) is 5.42. The van der Waals surface area contributed by atoms with Crippen LogP contribution in [0.15, 0.2) is 18.2 Å². The maximum Gasteiger partial charge on any atom is 0.123 e. The van der Waals surface area contributed by atoms with E-state index in [1.54, 1.807) is 7.11 Å². The lowest BCUT2D eigenvalue weighted by Crippen LogP contribution is -2.04. The van der Waals surface area contributed by atoms with E-state index in [1.165, 1.54) is 0 Å². The Hall–Kier alpha value is -0.870. The summed E-state index contributed by atoms with van der Waals surface area (Å²) in [5.41, 5.74) is 7.66. The van der Waals surface area contributed by atoms with E-state index in [1.807, 2.05) is 25.1 Å². The number of hydrogen-bond donors (Lipinski definition) is 1. The molecule has 0 aliphatic heterocycles. The normalized spacial score (nSPS) is 12.4. The summed E-state index contributed by atoms with van der Waals surface area (Å²) in [4.78, 5) is 0. The first-order valence-corrected chi connectivity index (χ1v) is 6.90. The highest BCUT2D eigenvalue weighted by Crippen LogP contribution is 2.20. The molecule has 16 heavy (non-hydrogen) atoms. The largest absolute Gasteiger partial charge is 0.496 e. The van der Waals surface area contributed by atoms with Crippen LogP contribution in [0.1, 0.15) is 24.5 Å². The molecule has 0 saturated heterocycles. The molecule has 1 aromatic rings. The van der Waals surface area contributed by atoms with Gasteiger partial charge in [-0.2, -0.15) is 0 Å². The van der Waals surface area contributed by atoms with Crippen molar-refractivity contribution >= 4 is 10.8 Å². The third-order valence-corrected chi connectivity index (χ3v) is 3.84. The molecule has 1 atom stereocenters. The summed E-state index contributed by atoms with van der Waals surface area (Å²) >= 11 is 0. The lowest BCUT2D eigenvalue weighted by Gasteiger charge is -2.09. The fraction of sp³-hybridized carbons (Fsp3) is 0.500. The molecule has 1 unspecified atom stereocenters. The van der Waals surface area contributed by atoms with Crippen LogP contribution >= 0.6 is 0 Å². The van der Waals surface area contributed by atoms with Crippen LogP contribution in [0, 0.1) is 0 Å². The summed E-state index contributed by atoms with van der Waals surface area (Å²) in [5, 5.41) is 0. The molecule has 0 spiro atoms. The van der Waals surface area contributed by atoms with Crippen molar-refractivity contribution in [3.8, 4) is 5.75 Å². The predicted octanol–water partition coefficient (Wildman–Crippen LogP) is 1.81. The number of nitrogens with two attached hydrogens (primary N) is 1. The lowest BCUT2D eigenvalue weighted by atomic mass is 10.1. The van der Waals surface area contributed by atoms with Crippen LogP contribution < -0.4 is 10.5 Å². The molecule has 0 fully saturated rings. The average Bonchev–Trinajstić information content (AvgIpc) is 2.29. The molecular weight excluding hydrogens is 222 g/mol. The van der Waals surface area contributed by atoms with Crippen LogP contribution in [-0.4, -0.2) is 17.1 Å². The van der Waals surface area contributed by atoms with Crippen molar-refractivity contribution in [2.24, 2.45) is 5.73 Å². The van der Waals surface area contributed by atoms with Gasteiger partial charge in [-0.25, -0.2) is 0 Å². The smallest absolute Gasteiger partial charge is 0.123 e. The summed E-state index contributed by atoms with van der Waals surface area (Å²) in [6.07, 6.45) is 0.951. The standard InChI is InChI=1S/C12H19NO2S/c1-3-6-16(14)9-10-4-5-12(15-2)11(7-10)8-13/h4-5,7H,3,6,8-9,13H2,1-2H3. The predicted molar refractivity (Wildman–Crippen MR) is 67.9 cm³/mol. The van der Waals surface area contributed by atoms with E-state index in [0.29, 0.717) is 12.3 Å². The Bertz CT molecular complexity index is 366. The number of benzene rings is 1. The average molecular weight is 241 g/mol. The fourth-order valence-electron chi connectivity index (χ4n) is 1.57. The molecule has 0 bridgehead atoms. The summed E-state index contributed by atoms with van der Waals surface area (Å²) in [6, 6.07) is 5.82. The van der Waals surface area contributed by atoms with Gasteiger partial charge >= 0.3 is 0 Å². The highest BCUT2D eigenvalue weighted by atomic mass is 32.2. The van der Waals surface area contributed by atoms with Crippen LogP contribution in [-0.2, 0) is 23.1 Å². The molecule has 0 aliphatic carbocycles. The Labute approximate surface area is 99.4 Å². The molecule has 4 heteroatoms. The van der Waals surface area contributed by atoms with E-state index in [-0.39, 0.29) is 0 Å². The highest BCUT2D eigenvalue weighted by Gasteiger charge is 2.05. The van der Waals surface area contributed by atoms with Crippen LogP contribution in [0.2, 0.25) is 0 Å². The van der Waals surface area contributed by atoms with E-state index >= 15 is 0 Å². The van der Waals surface area contributed by atoms with E-state index < -0.39 is 10.8 Å². The minimum atomic E-state index is -0.771. The van der Waals surface area contributed by atoms with Gasteiger partial charge in [0.25, 0.3) is 0 Å². The van der Waals surface area contributed by atoms with E-state index in [4.69, 9.17) is 10.5 Å². The molecule has 0 amide bonds. The van der Waals surface area contributed by atoms with Crippen molar-refractivity contribution in [2.45, 2.75) is 25.6 Å². The van der Waals surface area contributed by atoms with Crippen LogP contribution in [0.4, 0.5) is 0 Å². The Kier molecular flexibility index (Phi) is 5.49. The number of ether oxygens (including phenoxy) is 1. The molecule has 2 N–H and O–H groups in total. The molecule has 0 saturated carbocycles. The van der Waals surface area contributed by atoms with Gasteiger partial charge < -0.3 is 10.5 Å². The third kappa shape index (κ3) is 3.61. The molecule has 3 nitrogen and oxygen atoms in total. The van der Waals surface area contributed by atoms with Gasteiger partial charge in [-0.3, -0.25) is 4.21 Å². The van der Waals surface area contributed by atoms with Gasteiger partial charge in [0.2, 0.25) is 0 Å². The quantitative estimate of drug-likeness (QED) is 0.826. The number of rotatable bonds is 6. The lowest BCUT2D eigenvalue weighted by molar-refractivity contribution is 0.409. The van der Waals surface area contributed by atoms with Crippen LogP contribution in [0.25, 0.3) is 0 Å². The maximum absolute atomic E-state index is 11.6. The molecule has 0 aliphatic rings. The van der Waals surface area contributed by atoms with Gasteiger partial charge in [-0.05, 0) is 24.1 Å². The molecule has 90 valence electrons. The zero-order valence-corrected chi connectivity index (χ0v) is 10.7. The van der Waals surface area contributed by atoms with Crippen molar-refractivity contribution in [3.05, 3.63) is 29.3 Å². The van der Waals surface area contributed by atoms with Crippen molar-refractivity contribution < 1.29 is 8.95 Å². The van der Waals surface area contributed by atoms with Crippen molar-refractivity contribution in [1.29, 1.82) is 0 Å². The first kappa shape index (κ1) is 13.2. The fourth-order valence-corrected chi connectivity index (χ4v) is 2.72. The second-order valence-electron chi connectivity index (χ2n) is 3.64. The zero-order chi connectivity index (χ0) is 12.0. The second-order valence-corrected chi connectivity index (χ2v) is 5.22. The topological polar surface area (TPSA) is 52.3 Å². The van der Waals surface area contributed by atoms with Gasteiger partial charge in [0, 0.05) is 34.4 Å². The van der Waals surface area contributed by atoms with Crippen molar-refractivity contribution in [3.63, 3.8) is 0 Å². The Morgan fingerprint density at radius 2 is 2.19 bits per heavy atom. The Morgan fingerprint density at radius 3 is 2.75 bits per heavy atom. The Morgan fingerprint density at radius 1 is 1.44 bits per heavy atom. The monoisotopic (exact) mass is 241 g/mol.